The molecular formula is C21H24FNO4. The first-order valence-electron chi connectivity index (χ1n) is 8.81. The summed E-state index contributed by atoms with van der Waals surface area (Å²) in [5.74, 6) is 0.0575. The van der Waals surface area contributed by atoms with Crippen LogP contribution in [0.3, 0.4) is 0 Å². The molecule has 27 heavy (non-hydrogen) atoms. The van der Waals surface area contributed by atoms with Crippen LogP contribution < -0.4 is 10.1 Å². The SMILES string of the molecule is COC1c2cc(NCc3ccc(F)cc3)ccc2OC(C)(C)C1OC(C)=O. The normalized spacial score (nSPS) is 20.3. The number of fused-ring (bicyclic) bond motifs is 1. The fourth-order valence-corrected chi connectivity index (χ4v) is 3.28. The lowest BCUT2D eigenvalue weighted by Gasteiger charge is -2.43. The largest absolute Gasteiger partial charge is 0.483 e. The van der Waals surface area contributed by atoms with Crippen LogP contribution in [0.25, 0.3) is 0 Å². The molecule has 0 aliphatic carbocycles. The zero-order chi connectivity index (χ0) is 19.6. The minimum Gasteiger partial charge on any atom is -0.483 e. The number of hydrogen-bond donors (Lipinski definition) is 1. The molecule has 1 N–H and O–H groups in total. The van der Waals surface area contributed by atoms with Crippen LogP contribution >= 0.6 is 0 Å². The van der Waals surface area contributed by atoms with Gasteiger partial charge in [-0.1, -0.05) is 12.1 Å². The molecule has 6 heteroatoms. The van der Waals surface area contributed by atoms with E-state index >= 15 is 0 Å². The number of methoxy groups -OCH3 is 1. The maximum absolute atomic E-state index is 13.0. The van der Waals surface area contributed by atoms with Crippen LogP contribution in [0, 0.1) is 5.82 Å². The Labute approximate surface area is 158 Å². The van der Waals surface area contributed by atoms with E-state index in [1.165, 1.54) is 19.1 Å². The van der Waals surface area contributed by atoms with Gasteiger partial charge in [0.05, 0.1) is 0 Å². The number of rotatable bonds is 5. The molecule has 0 bridgehead atoms. The van der Waals surface area contributed by atoms with E-state index in [4.69, 9.17) is 14.2 Å². The van der Waals surface area contributed by atoms with Gasteiger partial charge in [0.2, 0.25) is 0 Å². The second-order valence-electron chi connectivity index (χ2n) is 7.12. The van der Waals surface area contributed by atoms with Gasteiger partial charge in [0, 0.05) is 31.8 Å². The third kappa shape index (κ3) is 4.22. The average molecular weight is 373 g/mol. The summed E-state index contributed by atoms with van der Waals surface area (Å²) in [6.07, 6.45) is -1.01. The molecule has 0 saturated heterocycles. The standard InChI is InChI=1S/C21H24FNO4/c1-13(24)26-20-19(25-4)17-11-16(9-10-18(17)27-21(20,2)3)23-12-14-5-7-15(22)8-6-14/h5-11,19-20,23H,12H2,1-4H3. The molecule has 2 atom stereocenters. The van der Waals surface area contributed by atoms with Crippen LogP contribution in [-0.4, -0.2) is 24.8 Å². The maximum Gasteiger partial charge on any atom is 0.303 e. The number of ether oxygens (including phenoxy) is 3. The number of carbonyl (C=O) groups excluding carboxylic acids is 1. The number of hydrogen-bond acceptors (Lipinski definition) is 5. The fraction of sp³-hybridized carbons (Fsp3) is 0.381. The minimum absolute atomic E-state index is 0.258. The third-order valence-corrected chi connectivity index (χ3v) is 4.61. The first-order valence-corrected chi connectivity index (χ1v) is 8.81. The molecule has 0 radical (unpaired) electrons. The van der Waals surface area contributed by atoms with Gasteiger partial charge < -0.3 is 19.5 Å². The summed E-state index contributed by atoms with van der Waals surface area (Å²) < 4.78 is 30.3. The highest BCUT2D eigenvalue weighted by Gasteiger charge is 2.46. The second-order valence-corrected chi connectivity index (χ2v) is 7.12. The Kier molecular flexibility index (Phi) is 5.37. The molecule has 5 nitrogen and oxygen atoms in total. The predicted octanol–water partition coefficient (Wildman–Crippen LogP) is 4.23. The zero-order valence-electron chi connectivity index (χ0n) is 15.9. The first-order chi connectivity index (χ1) is 12.8. The Balaban J connectivity index is 1.84. The zero-order valence-corrected chi connectivity index (χ0v) is 15.9. The molecule has 1 aliphatic rings. The summed E-state index contributed by atoms with van der Waals surface area (Å²) in [6, 6.07) is 12.1. The van der Waals surface area contributed by atoms with Gasteiger partial charge in [-0.2, -0.15) is 0 Å². The monoisotopic (exact) mass is 373 g/mol. The van der Waals surface area contributed by atoms with Crippen molar-refractivity contribution in [1.29, 1.82) is 0 Å². The van der Waals surface area contributed by atoms with Gasteiger partial charge in [0.1, 0.15) is 23.3 Å². The topological polar surface area (TPSA) is 56.8 Å². The van der Waals surface area contributed by atoms with Crippen molar-refractivity contribution >= 4 is 11.7 Å². The smallest absolute Gasteiger partial charge is 0.303 e. The van der Waals surface area contributed by atoms with Crippen LogP contribution in [0.15, 0.2) is 42.5 Å². The number of anilines is 1. The van der Waals surface area contributed by atoms with E-state index in [1.807, 2.05) is 32.0 Å². The lowest BCUT2D eigenvalue weighted by Crippen LogP contribution is -2.51. The van der Waals surface area contributed by atoms with Gasteiger partial charge in [0.15, 0.2) is 6.10 Å². The van der Waals surface area contributed by atoms with E-state index < -0.39 is 17.8 Å². The van der Waals surface area contributed by atoms with Gasteiger partial charge in [-0.15, -0.1) is 0 Å². The van der Waals surface area contributed by atoms with E-state index in [0.29, 0.717) is 12.3 Å². The van der Waals surface area contributed by atoms with E-state index in [-0.39, 0.29) is 11.8 Å². The number of esters is 1. The Morgan fingerprint density at radius 1 is 1.22 bits per heavy atom. The van der Waals surface area contributed by atoms with Crippen LogP contribution in [0.5, 0.6) is 5.75 Å². The fourth-order valence-electron chi connectivity index (χ4n) is 3.28. The molecule has 0 spiro atoms. The van der Waals surface area contributed by atoms with Gasteiger partial charge in [0.25, 0.3) is 0 Å². The summed E-state index contributed by atoms with van der Waals surface area (Å²) in [5, 5.41) is 3.31. The summed E-state index contributed by atoms with van der Waals surface area (Å²) in [7, 11) is 1.59. The number of halogens is 1. The highest BCUT2D eigenvalue weighted by atomic mass is 19.1. The molecule has 2 unspecified atom stereocenters. The van der Waals surface area contributed by atoms with Crippen molar-refractivity contribution in [2.45, 2.75) is 45.1 Å². The van der Waals surface area contributed by atoms with Crippen LogP contribution in [0.2, 0.25) is 0 Å². The second kappa shape index (κ2) is 7.56. The molecule has 0 fully saturated rings. The molecule has 1 heterocycles. The van der Waals surface area contributed by atoms with E-state index in [0.717, 1.165) is 16.8 Å². The lowest BCUT2D eigenvalue weighted by atomic mass is 9.88. The first kappa shape index (κ1) is 19.2. The average Bonchev–Trinajstić information content (AvgIpc) is 2.61. The molecule has 144 valence electrons. The Morgan fingerprint density at radius 2 is 1.93 bits per heavy atom. The summed E-state index contributed by atoms with van der Waals surface area (Å²) in [6.45, 7) is 5.67. The van der Waals surface area contributed by atoms with E-state index in [2.05, 4.69) is 5.32 Å². The highest BCUT2D eigenvalue weighted by molar-refractivity contribution is 5.66. The van der Waals surface area contributed by atoms with Gasteiger partial charge in [-0.05, 0) is 49.7 Å². The van der Waals surface area contributed by atoms with Crippen LogP contribution in [-0.2, 0) is 20.8 Å². The molecule has 1 aliphatic heterocycles. The number of benzene rings is 2. The molecule has 0 amide bonds. The molecule has 0 aromatic heterocycles. The molecule has 2 aromatic rings. The minimum atomic E-state index is -0.720. The number of carbonyl (C=O) groups is 1. The summed E-state index contributed by atoms with van der Waals surface area (Å²) in [4.78, 5) is 11.6. The van der Waals surface area contributed by atoms with Crippen molar-refractivity contribution in [1.82, 2.24) is 0 Å². The summed E-state index contributed by atoms with van der Waals surface area (Å²) >= 11 is 0. The van der Waals surface area contributed by atoms with Crippen LogP contribution in [0.4, 0.5) is 10.1 Å². The molecule has 0 saturated carbocycles. The van der Waals surface area contributed by atoms with Crippen molar-refractivity contribution in [3.8, 4) is 5.75 Å². The molecule has 2 aromatic carbocycles. The lowest BCUT2D eigenvalue weighted by molar-refractivity contribution is -0.178. The Morgan fingerprint density at radius 3 is 2.56 bits per heavy atom. The van der Waals surface area contributed by atoms with Gasteiger partial charge >= 0.3 is 5.97 Å². The van der Waals surface area contributed by atoms with Crippen molar-refractivity contribution < 1.29 is 23.4 Å². The van der Waals surface area contributed by atoms with Crippen molar-refractivity contribution in [3.05, 3.63) is 59.4 Å². The van der Waals surface area contributed by atoms with Crippen molar-refractivity contribution in [2.24, 2.45) is 0 Å². The highest BCUT2D eigenvalue weighted by Crippen LogP contribution is 2.44. The summed E-state index contributed by atoms with van der Waals surface area (Å²) in [5.41, 5.74) is 1.92. The van der Waals surface area contributed by atoms with Gasteiger partial charge in [-0.3, -0.25) is 4.79 Å². The maximum atomic E-state index is 13.0. The van der Waals surface area contributed by atoms with E-state index in [9.17, 15) is 9.18 Å². The van der Waals surface area contributed by atoms with E-state index in [1.54, 1.807) is 19.2 Å². The van der Waals surface area contributed by atoms with Gasteiger partial charge in [-0.25, -0.2) is 4.39 Å². The molecule has 3 rings (SSSR count). The van der Waals surface area contributed by atoms with Crippen LogP contribution in [0.1, 0.15) is 38.0 Å². The molecular weight excluding hydrogens is 349 g/mol. The Bertz CT molecular complexity index is 819. The third-order valence-electron chi connectivity index (χ3n) is 4.61. The van der Waals surface area contributed by atoms with Crippen molar-refractivity contribution in [3.63, 3.8) is 0 Å². The predicted molar refractivity (Wildman–Crippen MR) is 100 cm³/mol. The van der Waals surface area contributed by atoms with Crippen molar-refractivity contribution in [2.75, 3.05) is 12.4 Å². The Hall–Kier alpha value is -2.60. The quantitative estimate of drug-likeness (QED) is 0.795. The number of nitrogens with one attached hydrogen (secondary N) is 1.